The van der Waals surface area contributed by atoms with Gasteiger partial charge in [-0.1, -0.05) is 0 Å². The third-order valence-electron chi connectivity index (χ3n) is 1.95. The molecule has 1 amide bonds. The average Bonchev–Trinajstić information content (AvgIpc) is 2.97. The Labute approximate surface area is 99.9 Å². The Morgan fingerprint density at radius 3 is 2.94 bits per heavy atom. The van der Waals surface area contributed by atoms with Crippen LogP contribution >= 0.6 is 11.3 Å². The number of nitrogens with one attached hydrogen (secondary N) is 1. The number of thiazole rings is 1. The van der Waals surface area contributed by atoms with Crippen LogP contribution in [0.1, 0.15) is 25.9 Å². The highest BCUT2D eigenvalue weighted by molar-refractivity contribution is 7.09. The minimum Gasteiger partial charge on any atom is -0.476 e. The van der Waals surface area contributed by atoms with E-state index in [4.69, 9.17) is 9.52 Å². The Bertz CT molecular complexity index is 532. The highest BCUT2D eigenvalue weighted by Gasteiger charge is 2.10. The van der Waals surface area contributed by atoms with Crippen molar-refractivity contribution in [1.29, 1.82) is 0 Å². The van der Waals surface area contributed by atoms with Crippen molar-refractivity contribution in [3.8, 4) is 0 Å². The van der Waals surface area contributed by atoms with E-state index >= 15 is 0 Å². The van der Waals surface area contributed by atoms with Crippen molar-refractivity contribution in [1.82, 2.24) is 10.3 Å². The lowest BCUT2D eigenvalue weighted by Gasteiger charge is -1.99. The Hall–Kier alpha value is -2.15. The molecule has 2 aromatic rings. The first kappa shape index (κ1) is 11.3. The maximum absolute atomic E-state index is 11.5. The average molecular weight is 252 g/mol. The van der Waals surface area contributed by atoms with Crippen LogP contribution in [0.4, 0.5) is 0 Å². The summed E-state index contributed by atoms with van der Waals surface area (Å²) in [4.78, 5) is 25.9. The van der Waals surface area contributed by atoms with Crippen LogP contribution in [0.5, 0.6) is 0 Å². The van der Waals surface area contributed by atoms with Crippen LogP contribution in [0, 0.1) is 0 Å². The van der Waals surface area contributed by atoms with Gasteiger partial charge in [-0.25, -0.2) is 9.78 Å². The molecule has 6 nitrogen and oxygen atoms in total. The smallest absolute Gasteiger partial charge is 0.355 e. The molecule has 0 saturated heterocycles. The molecular formula is C10H8N2O4S. The number of carbonyl (C=O) groups excluding carboxylic acids is 1. The van der Waals surface area contributed by atoms with Gasteiger partial charge in [0.25, 0.3) is 5.91 Å². The first-order valence-electron chi connectivity index (χ1n) is 4.65. The molecule has 0 fully saturated rings. The topological polar surface area (TPSA) is 92.4 Å². The van der Waals surface area contributed by atoms with E-state index in [1.807, 2.05) is 0 Å². The second-order valence-electron chi connectivity index (χ2n) is 3.13. The van der Waals surface area contributed by atoms with Crippen molar-refractivity contribution in [2.24, 2.45) is 0 Å². The summed E-state index contributed by atoms with van der Waals surface area (Å²) in [5.41, 5.74) is 0.405. The van der Waals surface area contributed by atoms with E-state index < -0.39 is 5.97 Å². The van der Waals surface area contributed by atoms with Crippen molar-refractivity contribution in [3.05, 3.63) is 40.2 Å². The van der Waals surface area contributed by atoms with Crippen molar-refractivity contribution in [2.75, 3.05) is 0 Å². The fourth-order valence-electron chi connectivity index (χ4n) is 1.14. The zero-order valence-electron chi connectivity index (χ0n) is 8.54. The molecule has 0 aliphatic rings. The monoisotopic (exact) mass is 252 g/mol. The second-order valence-corrected chi connectivity index (χ2v) is 4.07. The number of aromatic carboxylic acids is 1. The first-order chi connectivity index (χ1) is 8.16. The van der Waals surface area contributed by atoms with Crippen LogP contribution in [0.2, 0.25) is 0 Å². The Morgan fingerprint density at radius 1 is 1.53 bits per heavy atom. The molecule has 88 valence electrons. The van der Waals surface area contributed by atoms with Gasteiger partial charge in [0.15, 0.2) is 5.69 Å². The number of amides is 1. The predicted octanol–water partition coefficient (Wildman–Crippen LogP) is 1.36. The van der Waals surface area contributed by atoms with Crippen molar-refractivity contribution < 1.29 is 19.1 Å². The van der Waals surface area contributed by atoms with E-state index in [0.717, 1.165) is 0 Å². The van der Waals surface area contributed by atoms with Gasteiger partial charge in [-0.2, -0.15) is 0 Å². The molecule has 2 rings (SSSR count). The third kappa shape index (κ3) is 2.70. The molecule has 17 heavy (non-hydrogen) atoms. The quantitative estimate of drug-likeness (QED) is 0.857. The number of carboxylic acids is 1. The van der Waals surface area contributed by atoms with E-state index in [9.17, 15) is 9.59 Å². The van der Waals surface area contributed by atoms with Crippen LogP contribution in [0.25, 0.3) is 0 Å². The summed E-state index contributed by atoms with van der Waals surface area (Å²) in [5.74, 6) is -1.36. The Balaban J connectivity index is 1.93. The Kier molecular flexibility index (Phi) is 3.20. The molecule has 2 N–H and O–H groups in total. The number of aromatic nitrogens is 1. The lowest BCUT2D eigenvalue weighted by molar-refractivity contribution is 0.0691. The molecular weight excluding hydrogens is 244 g/mol. The lowest BCUT2D eigenvalue weighted by atomic mass is 10.3. The molecule has 0 radical (unpaired) electrons. The fraction of sp³-hybridized carbons (Fsp3) is 0.100. The standard InChI is InChI=1S/C10H8N2O4S/c13-9(6-1-2-16-4-6)11-3-8-12-7(5-17-8)10(14)15/h1-2,4-5H,3H2,(H,11,13)(H,14,15). The van der Waals surface area contributed by atoms with Crippen LogP contribution < -0.4 is 5.32 Å². The van der Waals surface area contributed by atoms with Crippen LogP contribution in [-0.2, 0) is 6.54 Å². The molecule has 0 atom stereocenters. The van der Waals surface area contributed by atoms with E-state index in [-0.39, 0.29) is 18.1 Å². The van der Waals surface area contributed by atoms with Gasteiger partial charge in [0.05, 0.1) is 18.4 Å². The number of hydrogen-bond donors (Lipinski definition) is 2. The summed E-state index contributed by atoms with van der Waals surface area (Å²) in [6, 6.07) is 1.54. The molecule has 2 aromatic heterocycles. The number of hydrogen-bond acceptors (Lipinski definition) is 5. The summed E-state index contributed by atoms with van der Waals surface area (Å²) in [7, 11) is 0. The maximum Gasteiger partial charge on any atom is 0.355 e. The van der Waals surface area contributed by atoms with Gasteiger partial charge < -0.3 is 14.8 Å². The summed E-state index contributed by atoms with van der Waals surface area (Å²) in [6.07, 6.45) is 2.74. The van der Waals surface area contributed by atoms with Gasteiger partial charge in [-0.15, -0.1) is 11.3 Å². The van der Waals surface area contributed by atoms with E-state index in [1.165, 1.54) is 29.2 Å². The van der Waals surface area contributed by atoms with Gasteiger partial charge in [-0.05, 0) is 6.07 Å². The zero-order valence-corrected chi connectivity index (χ0v) is 9.36. The molecule has 7 heteroatoms. The van der Waals surface area contributed by atoms with Crippen molar-refractivity contribution in [2.45, 2.75) is 6.54 Å². The largest absolute Gasteiger partial charge is 0.476 e. The highest BCUT2D eigenvalue weighted by Crippen LogP contribution is 2.09. The number of furan rings is 1. The zero-order chi connectivity index (χ0) is 12.3. The maximum atomic E-state index is 11.5. The normalized spacial score (nSPS) is 10.1. The number of rotatable bonds is 4. The summed E-state index contributed by atoms with van der Waals surface area (Å²) in [6.45, 7) is 0.196. The van der Waals surface area contributed by atoms with Crippen molar-refractivity contribution in [3.63, 3.8) is 0 Å². The van der Waals surface area contributed by atoms with Crippen LogP contribution in [-0.4, -0.2) is 22.0 Å². The van der Waals surface area contributed by atoms with Gasteiger partial charge in [0.1, 0.15) is 11.3 Å². The number of nitrogens with zero attached hydrogens (tertiary/aromatic N) is 1. The second kappa shape index (κ2) is 4.79. The van der Waals surface area contributed by atoms with Gasteiger partial charge in [-0.3, -0.25) is 4.79 Å². The minimum atomic E-state index is -1.08. The van der Waals surface area contributed by atoms with Crippen molar-refractivity contribution >= 4 is 23.2 Å². The molecule has 0 spiro atoms. The molecule has 0 unspecified atom stereocenters. The Morgan fingerprint density at radius 2 is 2.35 bits per heavy atom. The number of carboxylic acid groups (broad SMARTS) is 1. The molecule has 0 bridgehead atoms. The van der Waals surface area contributed by atoms with E-state index in [2.05, 4.69) is 10.3 Å². The predicted molar refractivity (Wildman–Crippen MR) is 59.0 cm³/mol. The molecule has 2 heterocycles. The minimum absolute atomic E-state index is 0.0115. The summed E-state index contributed by atoms with van der Waals surface area (Å²) < 4.78 is 4.77. The molecule has 0 aliphatic heterocycles. The summed E-state index contributed by atoms with van der Waals surface area (Å²) >= 11 is 1.19. The molecule has 0 aromatic carbocycles. The van der Waals surface area contributed by atoms with Gasteiger partial charge in [0, 0.05) is 5.38 Å². The van der Waals surface area contributed by atoms with E-state index in [1.54, 1.807) is 6.07 Å². The highest BCUT2D eigenvalue weighted by atomic mass is 32.1. The fourth-order valence-corrected chi connectivity index (χ4v) is 1.85. The van der Waals surface area contributed by atoms with Crippen LogP contribution in [0.15, 0.2) is 28.4 Å². The van der Waals surface area contributed by atoms with Gasteiger partial charge >= 0.3 is 5.97 Å². The molecule has 0 saturated carbocycles. The summed E-state index contributed by atoms with van der Waals surface area (Å²) in [5, 5.41) is 13.3. The van der Waals surface area contributed by atoms with E-state index in [0.29, 0.717) is 10.6 Å². The lowest BCUT2D eigenvalue weighted by Crippen LogP contribution is -2.22. The SMILES string of the molecule is O=C(NCc1nc(C(=O)O)cs1)c1ccoc1. The molecule has 0 aliphatic carbocycles. The van der Waals surface area contributed by atoms with Gasteiger partial charge in [0.2, 0.25) is 0 Å². The third-order valence-corrected chi connectivity index (χ3v) is 2.80. The number of carbonyl (C=O) groups is 2. The van der Waals surface area contributed by atoms with Crippen LogP contribution in [0.3, 0.4) is 0 Å². The first-order valence-corrected chi connectivity index (χ1v) is 5.53.